The van der Waals surface area contributed by atoms with Gasteiger partial charge in [-0.3, -0.25) is 0 Å². The van der Waals surface area contributed by atoms with Crippen LogP contribution in [0.1, 0.15) is 0 Å². The summed E-state index contributed by atoms with van der Waals surface area (Å²) in [6, 6.07) is 15.0. The normalized spacial score (nSPS) is 11.6. The van der Waals surface area contributed by atoms with Gasteiger partial charge in [0.2, 0.25) is 0 Å². The van der Waals surface area contributed by atoms with Crippen molar-refractivity contribution in [2.75, 3.05) is 0 Å². The van der Waals surface area contributed by atoms with Crippen molar-refractivity contribution >= 4 is 55.7 Å². The molecule has 0 aromatic heterocycles. The number of rotatable bonds is 3. The van der Waals surface area contributed by atoms with Gasteiger partial charge in [0.25, 0.3) is 0 Å². The van der Waals surface area contributed by atoms with Crippen LogP contribution in [-0.2, 0) is 10.1 Å². The van der Waals surface area contributed by atoms with Crippen molar-refractivity contribution in [1.29, 1.82) is 0 Å². The molecule has 0 amide bonds. The van der Waals surface area contributed by atoms with E-state index in [1.54, 1.807) is 18.2 Å². The summed E-state index contributed by atoms with van der Waals surface area (Å²) in [5.74, 6) is 0.186. The summed E-state index contributed by atoms with van der Waals surface area (Å²) >= 11 is 17.6. The highest BCUT2D eigenvalue weighted by Crippen LogP contribution is 2.33. The molecule has 0 saturated heterocycles. The second-order valence-electron chi connectivity index (χ2n) is 4.74. The van der Waals surface area contributed by atoms with E-state index in [0.717, 1.165) is 10.8 Å². The average molecular weight is 388 g/mol. The van der Waals surface area contributed by atoms with Gasteiger partial charge in [0.05, 0.1) is 15.1 Å². The Morgan fingerprint density at radius 1 is 0.739 bits per heavy atom. The van der Waals surface area contributed by atoms with E-state index in [-0.39, 0.29) is 25.7 Å². The minimum atomic E-state index is -4.13. The van der Waals surface area contributed by atoms with Gasteiger partial charge in [0, 0.05) is 0 Å². The molecule has 0 aliphatic heterocycles. The molecular weight excluding hydrogens is 379 g/mol. The van der Waals surface area contributed by atoms with Gasteiger partial charge in [-0.1, -0.05) is 65.1 Å². The van der Waals surface area contributed by atoms with E-state index in [9.17, 15) is 8.42 Å². The molecule has 0 atom stereocenters. The van der Waals surface area contributed by atoms with Crippen molar-refractivity contribution in [3.8, 4) is 5.75 Å². The summed E-state index contributed by atoms with van der Waals surface area (Å²) < 4.78 is 30.0. The molecule has 0 spiro atoms. The minimum absolute atomic E-state index is 0.0554. The Hall–Kier alpha value is -1.46. The molecule has 3 aromatic rings. The van der Waals surface area contributed by atoms with Gasteiger partial charge in [-0.05, 0) is 35.0 Å². The van der Waals surface area contributed by atoms with Crippen molar-refractivity contribution in [3.63, 3.8) is 0 Å². The summed E-state index contributed by atoms with van der Waals surface area (Å²) in [6.45, 7) is 0. The molecule has 0 bridgehead atoms. The van der Waals surface area contributed by atoms with Crippen LogP contribution in [0.4, 0.5) is 0 Å². The van der Waals surface area contributed by atoms with Crippen LogP contribution in [0.2, 0.25) is 15.1 Å². The Kier molecular flexibility index (Phi) is 4.43. The van der Waals surface area contributed by atoms with Gasteiger partial charge in [-0.2, -0.15) is 8.42 Å². The Balaban J connectivity index is 2.01. The van der Waals surface area contributed by atoms with Crippen molar-refractivity contribution in [2.24, 2.45) is 0 Å². The molecule has 0 aliphatic rings. The third kappa shape index (κ3) is 3.40. The first-order chi connectivity index (χ1) is 10.9. The van der Waals surface area contributed by atoms with Crippen molar-refractivity contribution in [3.05, 3.63) is 69.7 Å². The molecule has 3 rings (SSSR count). The standard InChI is InChI=1S/C16H9Cl3O3S/c17-13-8-15(19)16(9-14(13)18)23(20,21)22-12-6-5-10-3-1-2-4-11(10)7-12/h1-9H. The van der Waals surface area contributed by atoms with E-state index in [4.69, 9.17) is 39.0 Å². The first-order valence-electron chi connectivity index (χ1n) is 6.45. The Bertz CT molecular complexity index is 1000. The molecule has 23 heavy (non-hydrogen) atoms. The second kappa shape index (κ2) is 6.21. The van der Waals surface area contributed by atoms with Crippen LogP contribution < -0.4 is 4.18 Å². The highest BCUT2D eigenvalue weighted by molar-refractivity contribution is 7.87. The van der Waals surface area contributed by atoms with Crippen LogP contribution in [-0.4, -0.2) is 8.42 Å². The van der Waals surface area contributed by atoms with Gasteiger partial charge in [-0.15, -0.1) is 0 Å². The van der Waals surface area contributed by atoms with Crippen LogP contribution >= 0.6 is 34.8 Å². The molecule has 0 heterocycles. The van der Waals surface area contributed by atoms with Gasteiger partial charge in [-0.25, -0.2) is 0 Å². The predicted octanol–water partition coefficient (Wildman–Crippen LogP) is 5.57. The maximum Gasteiger partial charge on any atom is 0.340 e. The van der Waals surface area contributed by atoms with Gasteiger partial charge in [0.15, 0.2) is 0 Å². The van der Waals surface area contributed by atoms with Crippen molar-refractivity contribution in [1.82, 2.24) is 0 Å². The molecule has 0 saturated carbocycles. The fourth-order valence-electron chi connectivity index (χ4n) is 2.09. The fraction of sp³-hybridized carbons (Fsp3) is 0. The molecule has 3 aromatic carbocycles. The largest absolute Gasteiger partial charge is 0.379 e. The molecule has 0 fully saturated rings. The SMILES string of the molecule is O=S(=O)(Oc1ccc2ccccc2c1)c1cc(Cl)c(Cl)cc1Cl. The lowest BCUT2D eigenvalue weighted by Crippen LogP contribution is -2.10. The Labute approximate surface area is 148 Å². The molecule has 118 valence electrons. The van der Waals surface area contributed by atoms with Crippen molar-refractivity contribution < 1.29 is 12.6 Å². The van der Waals surface area contributed by atoms with Crippen LogP contribution in [0.3, 0.4) is 0 Å². The van der Waals surface area contributed by atoms with E-state index in [1.807, 2.05) is 24.3 Å². The fourth-order valence-corrected chi connectivity index (χ4v) is 3.99. The number of hydrogen-bond acceptors (Lipinski definition) is 3. The van der Waals surface area contributed by atoms with Gasteiger partial charge in [0.1, 0.15) is 10.6 Å². The van der Waals surface area contributed by atoms with Crippen molar-refractivity contribution in [2.45, 2.75) is 4.90 Å². The first kappa shape index (κ1) is 16.4. The third-order valence-electron chi connectivity index (χ3n) is 3.17. The smallest absolute Gasteiger partial charge is 0.340 e. The molecule has 0 radical (unpaired) electrons. The van der Waals surface area contributed by atoms with E-state index in [1.165, 1.54) is 12.1 Å². The second-order valence-corrected chi connectivity index (χ2v) is 7.48. The maximum atomic E-state index is 12.4. The van der Waals surface area contributed by atoms with E-state index >= 15 is 0 Å². The molecule has 0 N–H and O–H groups in total. The first-order valence-corrected chi connectivity index (χ1v) is 8.99. The lowest BCUT2D eigenvalue weighted by atomic mass is 10.1. The Morgan fingerprint density at radius 2 is 1.39 bits per heavy atom. The summed E-state index contributed by atoms with van der Waals surface area (Å²) in [4.78, 5) is -0.235. The number of fused-ring (bicyclic) bond motifs is 1. The Morgan fingerprint density at radius 3 is 2.13 bits per heavy atom. The summed E-state index contributed by atoms with van der Waals surface area (Å²) in [7, 11) is -4.13. The highest BCUT2D eigenvalue weighted by atomic mass is 35.5. The number of hydrogen-bond donors (Lipinski definition) is 0. The topological polar surface area (TPSA) is 43.4 Å². The molecule has 0 aliphatic carbocycles. The van der Waals surface area contributed by atoms with Crippen LogP contribution in [0, 0.1) is 0 Å². The molecular formula is C16H9Cl3O3S. The van der Waals surface area contributed by atoms with E-state index in [2.05, 4.69) is 0 Å². The van der Waals surface area contributed by atoms with Gasteiger partial charge < -0.3 is 4.18 Å². The summed E-state index contributed by atoms with van der Waals surface area (Å²) in [6.07, 6.45) is 0. The lowest BCUT2D eigenvalue weighted by Gasteiger charge is -2.10. The monoisotopic (exact) mass is 386 g/mol. The zero-order valence-electron chi connectivity index (χ0n) is 11.5. The molecule has 0 unspecified atom stereocenters. The van der Waals surface area contributed by atoms with E-state index in [0.29, 0.717) is 0 Å². The lowest BCUT2D eigenvalue weighted by molar-refractivity contribution is 0.486. The third-order valence-corrected chi connectivity index (χ3v) is 5.61. The summed E-state index contributed by atoms with van der Waals surface area (Å²) in [5, 5.41) is 2.03. The zero-order chi connectivity index (χ0) is 16.6. The molecule has 3 nitrogen and oxygen atoms in total. The predicted molar refractivity (Wildman–Crippen MR) is 93.2 cm³/mol. The van der Waals surface area contributed by atoms with Crippen LogP contribution in [0.25, 0.3) is 10.8 Å². The zero-order valence-corrected chi connectivity index (χ0v) is 14.5. The highest BCUT2D eigenvalue weighted by Gasteiger charge is 2.22. The van der Waals surface area contributed by atoms with Crippen LogP contribution in [0.15, 0.2) is 59.5 Å². The summed E-state index contributed by atoms with van der Waals surface area (Å²) in [5.41, 5.74) is 0. The average Bonchev–Trinajstić information content (AvgIpc) is 2.50. The maximum absolute atomic E-state index is 12.4. The number of halogens is 3. The number of benzene rings is 3. The molecule has 7 heteroatoms. The van der Waals surface area contributed by atoms with Gasteiger partial charge >= 0.3 is 10.1 Å². The minimum Gasteiger partial charge on any atom is -0.379 e. The van der Waals surface area contributed by atoms with E-state index < -0.39 is 10.1 Å². The quantitative estimate of drug-likeness (QED) is 0.436. The van der Waals surface area contributed by atoms with Crippen LogP contribution in [0.5, 0.6) is 5.75 Å².